The number of benzene rings is 1. The maximum atomic E-state index is 13.0. The molecule has 1 unspecified atom stereocenters. The zero-order chi connectivity index (χ0) is 22.4. The van der Waals surface area contributed by atoms with E-state index < -0.39 is 11.0 Å². The highest BCUT2D eigenvalue weighted by Gasteiger charge is 2.26. The first kappa shape index (κ1) is 21.3. The van der Waals surface area contributed by atoms with Gasteiger partial charge in [-0.1, -0.05) is 23.2 Å². The van der Waals surface area contributed by atoms with Crippen LogP contribution in [0.4, 0.5) is 5.82 Å². The molecule has 1 aliphatic rings. The highest BCUT2D eigenvalue weighted by Crippen LogP contribution is 2.29. The van der Waals surface area contributed by atoms with Gasteiger partial charge in [-0.15, -0.1) is 0 Å². The predicted molar refractivity (Wildman–Crippen MR) is 125 cm³/mol. The molecule has 0 radical (unpaired) electrons. The van der Waals surface area contributed by atoms with E-state index in [1.807, 2.05) is 29.2 Å². The van der Waals surface area contributed by atoms with Crippen molar-refractivity contribution in [2.45, 2.75) is 4.90 Å². The molecule has 5 rings (SSSR count). The number of anilines is 1. The Labute approximate surface area is 197 Å². The first-order valence-electron chi connectivity index (χ1n) is 9.95. The Morgan fingerprint density at radius 1 is 1.06 bits per heavy atom. The van der Waals surface area contributed by atoms with Gasteiger partial charge in [0.05, 0.1) is 21.7 Å². The molecule has 9 nitrogen and oxygen atoms in total. The molecule has 4 heterocycles. The van der Waals surface area contributed by atoms with Crippen LogP contribution in [0, 0.1) is 0 Å². The third-order valence-corrected chi connectivity index (χ3v) is 7.68. The van der Waals surface area contributed by atoms with E-state index in [-0.39, 0.29) is 0 Å². The summed E-state index contributed by atoms with van der Waals surface area (Å²) in [4.78, 5) is 16.5. The summed E-state index contributed by atoms with van der Waals surface area (Å²) in [6.07, 6.45) is 5.26. The molecule has 1 aromatic carbocycles. The van der Waals surface area contributed by atoms with Crippen molar-refractivity contribution in [3.05, 3.63) is 47.0 Å². The molecule has 1 fully saturated rings. The molecule has 1 atom stereocenters. The molecular formula is C20H20Cl2N8OS. The van der Waals surface area contributed by atoms with Crippen molar-refractivity contribution in [3.63, 3.8) is 0 Å². The van der Waals surface area contributed by atoms with E-state index in [2.05, 4.69) is 20.0 Å². The molecule has 0 bridgehead atoms. The Balaban J connectivity index is 1.39. The van der Waals surface area contributed by atoms with Crippen LogP contribution >= 0.6 is 23.2 Å². The molecule has 166 valence electrons. The van der Waals surface area contributed by atoms with Gasteiger partial charge >= 0.3 is 0 Å². The highest BCUT2D eigenvalue weighted by molar-refractivity contribution is 7.82. The van der Waals surface area contributed by atoms with Crippen molar-refractivity contribution in [2.24, 2.45) is 14.1 Å². The lowest BCUT2D eigenvalue weighted by Gasteiger charge is -2.34. The summed E-state index contributed by atoms with van der Waals surface area (Å²) in [5, 5.41) is 5.18. The van der Waals surface area contributed by atoms with E-state index in [0.717, 1.165) is 28.4 Å². The molecule has 32 heavy (non-hydrogen) atoms. The molecule has 1 aliphatic heterocycles. The summed E-state index contributed by atoms with van der Waals surface area (Å²) in [5.74, 6) is 1.56. The van der Waals surface area contributed by atoms with Gasteiger partial charge in [-0.25, -0.2) is 23.5 Å². The number of nitrogens with zero attached hydrogens (tertiary/aromatic N) is 8. The minimum Gasteiger partial charge on any atom is -0.352 e. The molecular weight excluding hydrogens is 471 g/mol. The number of fused-ring (bicyclic) bond motifs is 1. The van der Waals surface area contributed by atoms with Crippen LogP contribution in [-0.4, -0.2) is 64.0 Å². The van der Waals surface area contributed by atoms with Gasteiger partial charge < -0.3 is 9.47 Å². The van der Waals surface area contributed by atoms with Gasteiger partial charge in [0.15, 0.2) is 17.0 Å². The lowest BCUT2D eigenvalue weighted by atomic mass is 10.3. The lowest BCUT2D eigenvalue weighted by Crippen LogP contribution is -2.47. The number of aromatic nitrogens is 6. The van der Waals surface area contributed by atoms with Crippen LogP contribution in [-0.2, 0) is 25.1 Å². The second-order valence-corrected chi connectivity index (χ2v) is 9.80. The molecule has 0 aliphatic carbocycles. The second-order valence-electron chi connectivity index (χ2n) is 7.51. The smallest absolute Gasteiger partial charge is 0.165 e. The Hall–Kier alpha value is -2.53. The van der Waals surface area contributed by atoms with E-state index in [1.54, 1.807) is 35.4 Å². The van der Waals surface area contributed by atoms with Gasteiger partial charge in [0, 0.05) is 51.5 Å². The van der Waals surface area contributed by atoms with Gasteiger partial charge in [-0.2, -0.15) is 5.10 Å². The standard InChI is InChI=1S/C20H20Cl2N8OS/c1-27-11-13(10-25-27)18-26-17-19(28(18)2)23-12-24-20(17)29-5-7-30(8-6-29)32(31)16-4-3-14(21)9-15(16)22/h3-4,9-12H,5-8H2,1-2H3. The van der Waals surface area contributed by atoms with Crippen LogP contribution < -0.4 is 4.90 Å². The number of imidazole rings is 1. The highest BCUT2D eigenvalue weighted by atomic mass is 35.5. The number of hydrogen-bond acceptors (Lipinski definition) is 6. The number of piperazine rings is 1. The Kier molecular flexibility index (Phi) is 5.62. The van der Waals surface area contributed by atoms with E-state index in [9.17, 15) is 4.21 Å². The summed E-state index contributed by atoms with van der Waals surface area (Å²) in [6, 6.07) is 5.04. The molecule has 12 heteroatoms. The zero-order valence-corrected chi connectivity index (χ0v) is 19.8. The van der Waals surface area contributed by atoms with Crippen LogP contribution in [0.15, 0.2) is 41.8 Å². The Morgan fingerprint density at radius 2 is 1.84 bits per heavy atom. The van der Waals surface area contributed by atoms with Crippen LogP contribution in [0.1, 0.15) is 0 Å². The quantitative estimate of drug-likeness (QED) is 0.437. The SMILES string of the molecule is Cn1cc(-c2nc3c(N4CCN(S(=O)c5ccc(Cl)cc5Cl)CC4)ncnc3n2C)cn1. The van der Waals surface area contributed by atoms with Crippen molar-refractivity contribution in [1.82, 2.24) is 33.6 Å². The summed E-state index contributed by atoms with van der Waals surface area (Å²) in [5.41, 5.74) is 2.41. The van der Waals surface area contributed by atoms with Crippen LogP contribution in [0.25, 0.3) is 22.6 Å². The molecule has 0 saturated carbocycles. The first-order chi connectivity index (χ1) is 15.4. The van der Waals surface area contributed by atoms with Gasteiger partial charge in [0.2, 0.25) is 0 Å². The van der Waals surface area contributed by atoms with Gasteiger partial charge in [0.1, 0.15) is 23.1 Å². The van der Waals surface area contributed by atoms with Crippen molar-refractivity contribution < 1.29 is 4.21 Å². The number of hydrogen-bond donors (Lipinski definition) is 0. The zero-order valence-electron chi connectivity index (χ0n) is 17.4. The largest absolute Gasteiger partial charge is 0.352 e. The van der Waals surface area contributed by atoms with Crippen molar-refractivity contribution in [2.75, 3.05) is 31.1 Å². The number of halogens is 2. The summed E-state index contributed by atoms with van der Waals surface area (Å²) < 4.78 is 18.6. The summed E-state index contributed by atoms with van der Waals surface area (Å²) >= 11 is 12.2. The molecule has 3 aromatic heterocycles. The lowest BCUT2D eigenvalue weighted by molar-refractivity contribution is 0.409. The van der Waals surface area contributed by atoms with Crippen molar-refractivity contribution >= 4 is 51.2 Å². The fourth-order valence-electron chi connectivity index (χ4n) is 3.84. The maximum absolute atomic E-state index is 13.0. The third-order valence-electron chi connectivity index (χ3n) is 5.45. The van der Waals surface area contributed by atoms with E-state index in [0.29, 0.717) is 41.1 Å². The second kappa shape index (κ2) is 8.43. The van der Waals surface area contributed by atoms with Crippen LogP contribution in [0.5, 0.6) is 0 Å². The minimum atomic E-state index is -1.36. The molecule has 1 saturated heterocycles. The average Bonchev–Trinajstić information content (AvgIpc) is 3.36. The Morgan fingerprint density at radius 3 is 2.53 bits per heavy atom. The van der Waals surface area contributed by atoms with Crippen molar-refractivity contribution in [3.8, 4) is 11.4 Å². The number of rotatable bonds is 4. The van der Waals surface area contributed by atoms with E-state index in [1.165, 1.54) is 0 Å². The third kappa shape index (κ3) is 3.77. The molecule has 0 amide bonds. The minimum absolute atomic E-state index is 0.409. The van der Waals surface area contributed by atoms with Gasteiger partial charge in [0.25, 0.3) is 0 Å². The number of aryl methyl sites for hydroxylation is 2. The monoisotopic (exact) mass is 490 g/mol. The summed E-state index contributed by atoms with van der Waals surface area (Å²) in [6.45, 7) is 2.50. The van der Waals surface area contributed by atoms with Crippen LogP contribution in [0.3, 0.4) is 0 Å². The van der Waals surface area contributed by atoms with Crippen molar-refractivity contribution in [1.29, 1.82) is 0 Å². The van der Waals surface area contributed by atoms with Gasteiger partial charge in [-0.05, 0) is 18.2 Å². The normalized spacial score (nSPS) is 16.1. The Bertz CT molecular complexity index is 1330. The molecule has 4 aromatic rings. The fourth-order valence-corrected chi connectivity index (χ4v) is 5.62. The van der Waals surface area contributed by atoms with Crippen LogP contribution in [0.2, 0.25) is 10.0 Å². The van der Waals surface area contributed by atoms with Gasteiger partial charge in [-0.3, -0.25) is 4.68 Å². The average molecular weight is 491 g/mol. The maximum Gasteiger partial charge on any atom is 0.165 e. The van der Waals surface area contributed by atoms with E-state index in [4.69, 9.17) is 28.2 Å². The predicted octanol–water partition coefficient (Wildman–Crippen LogP) is 2.92. The molecule has 0 spiro atoms. The van der Waals surface area contributed by atoms with E-state index >= 15 is 0 Å². The topological polar surface area (TPSA) is 85.0 Å². The summed E-state index contributed by atoms with van der Waals surface area (Å²) in [7, 11) is 2.45. The fraction of sp³-hybridized carbons (Fsp3) is 0.300. The molecule has 0 N–H and O–H groups in total. The first-order valence-corrected chi connectivity index (χ1v) is 11.8.